The maximum atomic E-state index is 13.7. The summed E-state index contributed by atoms with van der Waals surface area (Å²) in [5.74, 6) is -1.18. The fourth-order valence-corrected chi connectivity index (χ4v) is 2.11. The first kappa shape index (κ1) is 11.8. The van der Waals surface area contributed by atoms with Gasteiger partial charge in [-0.05, 0) is 31.0 Å². The Morgan fingerprint density at radius 2 is 2.00 bits per heavy atom. The van der Waals surface area contributed by atoms with Crippen molar-refractivity contribution in [3.05, 3.63) is 29.1 Å². The van der Waals surface area contributed by atoms with Crippen LogP contribution >= 0.6 is 0 Å². The summed E-state index contributed by atoms with van der Waals surface area (Å²) in [6, 6.07) is 2.70. The van der Waals surface area contributed by atoms with Crippen molar-refractivity contribution in [1.82, 2.24) is 0 Å². The predicted molar refractivity (Wildman–Crippen MR) is 54.7 cm³/mol. The van der Waals surface area contributed by atoms with Crippen LogP contribution in [-0.2, 0) is 15.9 Å². The Kier molecular flexibility index (Phi) is 2.53. The first-order valence-electron chi connectivity index (χ1n) is 5.65. The molecule has 3 nitrogen and oxygen atoms in total. The zero-order chi connectivity index (χ0) is 12.9. The second-order valence-corrected chi connectivity index (χ2v) is 4.40. The lowest BCUT2D eigenvalue weighted by molar-refractivity contribution is -0.382. The molecule has 0 bridgehead atoms. The molecule has 0 amide bonds. The molecular formula is C12H11F3O3. The SMILES string of the molecule is CC1OC(c2cc(F)c3c(c2)CCC(F)(F)O3)O1. The Morgan fingerprint density at radius 3 is 2.67 bits per heavy atom. The molecule has 18 heavy (non-hydrogen) atoms. The van der Waals surface area contributed by atoms with E-state index < -0.39 is 24.6 Å². The van der Waals surface area contributed by atoms with Crippen molar-refractivity contribution in [2.45, 2.75) is 38.5 Å². The van der Waals surface area contributed by atoms with Gasteiger partial charge in [-0.2, -0.15) is 8.78 Å². The lowest BCUT2D eigenvalue weighted by atomic mass is 10.0. The van der Waals surface area contributed by atoms with Gasteiger partial charge in [0.15, 0.2) is 24.1 Å². The van der Waals surface area contributed by atoms with Crippen LogP contribution in [0.5, 0.6) is 5.75 Å². The Balaban J connectivity index is 1.92. The van der Waals surface area contributed by atoms with Gasteiger partial charge in [-0.3, -0.25) is 0 Å². The molecule has 2 aliphatic heterocycles. The van der Waals surface area contributed by atoms with E-state index in [1.165, 1.54) is 0 Å². The molecule has 1 fully saturated rings. The molecule has 0 radical (unpaired) electrons. The van der Waals surface area contributed by atoms with E-state index in [0.29, 0.717) is 11.1 Å². The van der Waals surface area contributed by atoms with E-state index in [9.17, 15) is 13.2 Å². The van der Waals surface area contributed by atoms with Gasteiger partial charge in [0.05, 0.1) is 6.42 Å². The minimum atomic E-state index is -3.30. The number of hydrogen-bond acceptors (Lipinski definition) is 3. The minimum absolute atomic E-state index is 0.0648. The predicted octanol–water partition coefficient (Wildman–Crippen LogP) is 3.13. The van der Waals surface area contributed by atoms with Crippen LogP contribution in [0, 0.1) is 5.82 Å². The van der Waals surface area contributed by atoms with Crippen LogP contribution in [0.15, 0.2) is 12.1 Å². The molecule has 6 heteroatoms. The highest BCUT2D eigenvalue weighted by molar-refractivity contribution is 5.41. The summed E-state index contributed by atoms with van der Waals surface area (Å²) >= 11 is 0. The van der Waals surface area contributed by atoms with Gasteiger partial charge in [-0.1, -0.05) is 0 Å². The molecule has 0 aliphatic carbocycles. The molecular weight excluding hydrogens is 249 g/mol. The van der Waals surface area contributed by atoms with Crippen molar-refractivity contribution in [3.8, 4) is 5.75 Å². The fraction of sp³-hybridized carbons (Fsp3) is 0.500. The molecule has 0 unspecified atom stereocenters. The Morgan fingerprint density at radius 1 is 1.28 bits per heavy atom. The van der Waals surface area contributed by atoms with Gasteiger partial charge in [0.25, 0.3) is 0 Å². The highest BCUT2D eigenvalue weighted by atomic mass is 19.3. The summed E-state index contributed by atoms with van der Waals surface area (Å²) in [4.78, 5) is 0. The monoisotopic (exact) mass is 260 g/mol. The van der Waals surface area contributed by atoms with Crippen LogP contribution < -0.4 is 4.74 Å². The molecule has 1 aromatic rings. The maximum Gasteiger partial charge on any atom is 0.398 e. The molecule has 0 aromatic heterocycles. The Hall–Kier alpha value is -1.27. The number of rotatable bonds is 1. The molecule has 2 heterocycles. The van der Waals surface area contributed by atoms with Crippen LogP contribution in [0.2, 0.25) is 0 Å². The average molecular weight is 260 g/mol. The van der Waals surface area contributed by atoms with Crippen molar-refractivity contribution in [2.75, 3.05) is 0 Å². The van der Waals surface area contributed by atoms with Crippen molar-refractivity contribution in [3.63, 3.8) is 0 Å². The first-order valence-corrected chi connectivity index (χ1v) is 5.65. The Labute approximate surface area is 101 Å². The van der Waals surface area contributed by atoms with Gasteiger partial charge in [0, 0.05) is 5.56 Å². The van der Waals surface area contributed by atoms with Gasteiger partial charge in [-0.25, -0.2) is 4.39 Å². The molecule has 0 atom stereocenters. The van der Waals surface area contributed by atoms with Crippen molar-refractivity contribution >= 4 is 0 Å². The summed E-state index contributed by atoms with van der Waals surface area (Å²) in [6.07, 6.45) is -4.63. The molecule has 1 aromatic carbocycles. The van der Waals surface area contributed by atoms with Crippen LogP contribution in [0.25, 0.3) is 0 Å². The van der Waals surface area contributed by atoms with Gasteiger partial charge < -0.3 is 14.2 Å². The number of fused-ring (bicyclic) bond motifs is 1. The number of halogens is 3. The van der Waals surface area contributed by atoms with Gasteiger partial charge >= 0.3 is 6.11 Å². The summed E-state index contributed by atoms with van der Waals surface area (Å²) in [6.45, 7) is 1.72. The minimum Gasteiger partial charge on any atom is -0.429 e. The largest absolute Gasteiger partial charge is 0.429 e. The highest BCUT2D eigenvalue weighted by Crippen LogP contribution is 2.40. The van der Waals surface area contributed by atoms with Crippen molar-refractivity contribution in [2.24, 2.45) is 0 Å². The molecule has 98 valence electrons. The fourth-order valence-electron chi connectivity index (χ4n) is 2.11. The van der Waals surface area contributed by atoms with Crippen molar-refractivity contribution in [1.29, 1.82) is 0 Å². The molecule has 0 spiro atoms. The summed E-state index contributed by atoms with van der Waals surface area (Å²) in [5.41, 5.74) is 0.904. The number of alkyl halides is 2. The van der Waals surface area contributed by atoms with E-state index in [0.717, 1.165) is 6.07 Å². The number of benzene rings is 1. The standard InChI is InChI=1S/C12H11F3O3/c1-6-16-11(17-6)8-4-7-2-3-12(14,15)18-10(7)9(13)5-8/h4-6,11H,2-3H2,1H3. The number of aryl methyl sites for hydroxylation is 1. The molecule has 0 saturated carbocycles. The van der Waals surface area contributed by atoms with E-state index in [1.54, 1.807) is 13.0 Å². The highest BCUT2D eigenvalue weighted by Gasteiger charge is 2.39. The van der Waals surface area contributed by atoms with E-state index >= 15 is 0 Å². The summed E-state index contributed by atoms with van der Waals surface area (Å²) in [7, 11) is 0. The van der Waals surface area contributed by atoms with E-state index in [2.05, 4.69) is 4.74 Å². The third kappa shape index (κ3) is 1.95. The second kappa shape index (κ2) is 3.86. The third-order valence-electron chi connectivity index (χ3n) is 2.98. The van der Waals surface area contributed by atoms with Crippen molar-refractivity contribution < 1.29 is 27.4 Å². The molecule has 1 saturated heterocycles. The van der Waals surface area contributed by atoms with Crippen LogP contribution in [0.1, 0.15) is 30.8 Å². The Bertz CT molecular complexity index is 484. The van der Waals surface area contributed by atoms with Crippen LogP contribution in [-0.4, -0.2) is 12.4 Å². The van der Waals surface area contributed by atoms with Gasteiger partial charge in [0.2, 0.25) is 0 Å². The molecule has 3 rings (SSSR count). The summed E-state index contributed by atoms with van der Waals surface area (Å²) in [5, 5.41) is 0. The van der Waals surface area contributed by atoms with E-state index in [4.69, 9.17) is 9.47 Å². The van der Waals surface area contributed by atoms with Crippen LogP contribution in [0.4, 0.5) is 13.2 Å². The first-order chi connectivity index (χ1) is 8.44. The summed E-state index contributed by atoms with van der Waals surface area (Å²) < 4.78 is 54.6. The third-order valence-corrected chi connectivity index (χ3v) is 2.98. The lowest BCUT2D eigenvalue weighted by Gasteiger charge is -2.34. The molecule has 0 N–H and O–H groups in total. The smallest absolute Gasteiger partial charge is 0.398 e. The normalized spacial score (nSPS) is 29.1. The lowest BCUT2D eigenvalue weighted by Crippen LogP contribution is -2.33. The van der Waals surface area contributed by atoms with Gasteiger partial charge in [-0.15, -0.1) is 0 Å². The van der Waals surface area contributed by atoms with Crippen LogP contribution in [0.3, 0.4) is 0 Å². The number of ether oxygens (including phenoxy) is 3. The number of hydrogen-bond donors (Lipinski definition) is 0. The quantitative estimate of drug-likeness (QED) is 0.776. The second-order valence-electron chi connectivity index (χ2n) is 4.40. The zero-order valence-electron chi connectivity index (χ0n) is 9.58. The topological polar surface area (TPSA) is 27.7 Å². The zero-order valence-corrected chi connectivity index (χ0v) is 9.58. The molecule has 2 aliphatic rings. The van der Waals surface area contributed by atoms with E-state index in [-0.39, 0.29) is 18.5 Å². The average Bonchev–Trinajstić information content (AvgIpc) is 2.25. The van der Waals surface area contributed by atoms with Gasteiger partial charge in [0.1, 0.15) is 0 Å². The van der Waals surface area contributed by atoms with E-state index in [1.807, 2.05) is 0 Å². The maximum absolute atomic E-state index is 13.7.